The maximum atomic E-state index is 13.3. The second-order valence-electron chi connectivity index (χ2n) is 9.80. The van der Waals surface area contributed by atoms with Crippen LogP contribution >= 0.6 is 0 Å². The first-order chi connectivity index (χ1) is 20.3. The Morgan fingerprint density at radius 3 is 2.36 bits per heavy atom. The minimum absolute atomic E-state index is 0.299. The number of aromatic amines is 1. The van der Waals surface area contributed by atoms with Gasteiger partial charge in [0.25, 0.3) is 17.7 Å². The lowest BCUT2D eigenvalue weighted by molar-refractivity contribution is 0.0997. The van der Waals surface area contributed by atoms with E-state index in [0.29, 0.717) is 39.1 Å². The standard InChI is InChI=1S/C33H24FN5O3/c1-18-23(5-2-6-27(18)39-32(41)19-7-9-21(34)10-8-19)24-13-14-26(31(35)40)30-29(24)25-12-11-22(16-28(25)38-30)37-33(42)20-4-3-15-36-17-20/h2-17,38H,1H3,(H2,35,40)(H,37,42)(H,39,41). The normalized spacial score (nSPS) is 11.0. The fourth-order valence-corrected chi connectivity index (χ4v) is 5.08. The van der Waals surface area contributed by atoms with Gasteiger partial charge in [-0.1, -0.05) is 24.3 Å². The van der Waals surface area contributed by atoms with Crippen molar-refractivity contribution in [1.29, 1.82) is 0 Å². The smallest absolute Gasteiger partial charge is 0.257 e. The highest BCUT2D eigenvalue weighted by atomic mass is 19.1. The summed E-state index contributed by atoms with van der Waals surface area (Å²) < 4.78 is 13.3. The molecule has 0 unspecified atom stereocenters. The number of rotatable bonds is 6. The number of nitrogens with zero attached hydrogens (tertiary/aromatic N) is 1. The molecule has 42 heavy (non-hydrogen) atoms. The summed E-state index contributed by atoms with van der Waals surface area (Å²) in [5, 5.41) is 7.39. The first kappa shape index (κ1) is 26.4. The fraction of sp³-hybridized carbons (Fsp3) is 0.0303. The van der Waals surface area contributed by atoms with Crippen LogP contribution in [0, 0.1) is 12.7 Å². The monoisotopic (exact) mass is 557 g/mol. The van der Waals surface area contributed by atoms with Crippen LogP contribution in [0.3, 0.4) is 0 Å². The molecule has 2 aromatic heterocycles. The Kier molecular flexibility index (Phi) is 6.68. The number of anilines is 2. The second kappa shape index (κ2) is 10.6. The van der Waals surface area contributed by atoms with Crippen LogP contribution in [-0.4, -0.2) is 27.7 Å². The molecule has 5 N–H and O–H groups in total. The minimum Gasteiger partial charge on any atom is -0.366 e. The van der Waals surface area contributed by atoms with E-state index in [1.807, 2.05) is 31.2 Å². The number of aromatic nitrogens is 2. The summed E-state index contributed by atoms with van der Waals surface area (Å²) >= 11 is 0. The molecule has 0 bridgehead atoms. The Balaban J connectivity index is 1.43. The van der Waals surface area contributed by atoms with Gasteiger partial charge >= 0.3 is 0 Å². The van der Waals surface area contributed by atoms with Crippen molar-refractivity contribution < 1.29 is 18.8 Å². The molecule has 0 spiro atoms. The van der Waals surface area contributed by atoms with Crippen LogP contribution in [0.4, 0.5) is 15.8 Å². The Bertz CT molecular complexity index is 2020. The van der Waals surface area contributed by atoms with Gasteiger partial charge in [0.15, 0.2) is 0 Å². The number of nitrogens with two attached hydrogens (primary N) is 1. The van der Waals surface area contributed by atoms with Crippen LogP contribution in [0.1, 0.15) is 36.6 Å². The largest absolute Gasteiger partial charge is 0.366 e. The van der Waals surface area contributed by atoms with Gasteiger partial charge in [0.05, 0.1) is 16.6 Å². The molecule has 8 nitrogen and oxygen atoms in total. The third-order valence-corrected chi connectivity index (χ3v) is 7.18. The summed E-state index contributed by atoms with van der Waals surface area (Å²) in [6.45, 7) is 1.89. The summed E-state index contributed by atoms with van der Waals surface area (Å²) in [5.74, 6) is -1.67. The molecule has 6 rings (SSSR count). The van der Waals surface area contributed by atoms with Gasteiger partial charge in [0, 0.05) is 45.6 Å². The molecular weight excluding hydrogens is 533 g/mol. The number of carbonyl (C=O) groups is 3. The molecule has 0 saturated carbocycles. The molecule has 0 saturated heterocycles. The van der Waals surface area contributed by atoms with Gasteiger partial charge in [-0.15, -0.1) is 0 Å². The van der Waals surface area contributed by atoms with Crippen LogP contribution in [0.15, 0.2) is 97.3 Å². The fourth-order valence-electron chi connectivity index (χ4n) is 5.08. The first-order valence-corrected chi connectivity index (χ1v) is 13.1. The second-order valence-corrected chi connectivity index (χ2v) is 9.80. The zero-order valence-corrected chi connectivity index (χ0v) is 22.4. The number of fused-ring (bicyclic) bond motifs is 3. The zero-order valence-electron chi connectivity index (χ0n) is 22.4. The van der Waals surface area contributed by atoms with Crippen LogP contribution < -0.4 is 16.4 Å². The molecule has 3 amide bonds. The van der Waals surface area contributed by atoms with Gasteiger partial charge in [-0.05, 0) is 84.3 Å². The third-order valence-electron chi connectivity index (χ3n) is 7.18. The molecule has 0 atom stereocenters. The number of hydrogen-bond donors (Lipinski definition) is 4. The highest BCUT2D eigenvalue weighted by Crippen LogP contribution is 2.39. The van der Waals surface area contributed by atoms with Crippen molar-refractivity contribution in [2.24, 2.45) is 5.73 Å². The SMILES string of the molecule is Cc1c(NC(=O)c2ccc(F)cc2)cccc1-c1ccc(C(N)=O)c2[nH]c3cc(NC(=O)c4cccnc4)ccc3c12. The molecule has 206 valence electrons. The highest BCUT2D eigenvalue weighted by Gasteiger charge is 2.19. The predicted molar refractivity (Wildman–Crippen MR) is 161 cm³/mol. The number of hydrogen-bond acceptors (Lipinski definition) is 4. The molecule has 0 fully saturated rings. The van der Waals surface area contributed by atoms with Crippen molar-refractivity contribution in [3.05, 3.63) is 125 Å². The number of nitrogens with one attached hydrogen (secondary N) is 3. The zero-order chi connectivity index (χ0) is 29.4. The van der Waals surface area contributed by atoms with Gasteiger partial charge in [-0.3, -0.25) is 19.4 Å². The van der Waals surface area contributed by atoms with Gasteiger partial charge in [-0.2, -0.15) is 0 Å². The lowest BCUT2D eigenvalue weighted by Crippen LogP contribution is -2.13. The van der Waals surface area contributed by atoms with E-state index in [0.717, 1.165) is 27.5 Å². The van der Waals surface area contributed by atoms with Crippen LogP contribution in [0.2, 0.25) is 0 Å². The molecule has 0 aliphatic carbocycles. The molecular formula is C33H24FN5O3. The first-order valence-electron chi connectivity index (χ1n) is 13.1. The van der Waals surface area contributed by atoms with E-state index in [9.17, 15) is 18.8 Å². The number of halogens is 1. The number of amides is 3. The Morgan fingerprint density at radius 1 is 0.833 bits per heavy atom. The van der Waals surface area contributed by atoms with Crippen LogP contribution in [-0.2, 0) is 0 Å². The average Bonchev–Trinajstić information content (AvgIpc) is 3.37. The number of primary amides is 1. The van der Waals surface area contributed by atoms with Crippen molar-refractivity contribution in [3.63, 3.8) is 0 Å². The predicted octanol–water partition coefficient (Wildman–Crippen LogP) is 6.43. The number of H-pyrrole nitrogens is 1. The summed E-state index contributed by atoms with van der Waals surface area (Å²) in [4.78, 5) is 45.2. The van der Waals surface area contributed by atoms with Crippen molar-refractivity contribution in [2.45, 2.75) is 6.92 Å². The van der Waals surface area contributed by atoms with Crippen molar-refractivity contribution >= 4 is 50.9 Å². The van der Waals surface area contributed by atoms with E-state index in [-0.39, 0.29) is 11.8 Å². The lowest BCUT2D eigenvalue weighted by atomic mass is 9.93. The number of carbonyl (C=O) groups excluding carboxylic acids is 3. The highest BCUT2D eigenvalue weighted by molar-refractivity contribution is 6.20. The lowest BCUT2D eigenvalue weighted by Gasteiger charge is -2.15. The maximum absolute atomic E-state index is 13.3. The summed E-state index contributed by atoms with van der Waals surface area (Å²) in [5.41, 5.74) is 11.7. The van der Waals surface area contributed by atoms with E-state index in [1.165, 1.54) is 30.5 Å². The van der Waals surface area contributed by atoms with Gasteiger partial charge in [-0.25, -0.2) is 4.39 Å². The van der Waals surface area contributed by atoms with Gasteiger partial charge in [0.1, 0.15) is 5.82 Å². The molecule has 0 aliphatic heterocycles. The Morgan fingerprint density at radius 2 is 1.62 bits per heavy atom. The van der Waals surface area contributed by atoms with E-state index in [1.54, 1.807) is 42.6 Å². The molecule has 2 heterocycles. The molecule has 9 heteroatoms. The average molecular weight is 558 g/mol. The molecule has 0 aliphatic rings. The third kappa shape index (κ3) is 4.84. The van der Waals surface area contributed by atoms with Gasteiger partial charge in [0.2, 0.25) is 0 Å². The van der Waals surface area contributed by atoms with E-state index in [4.69, 9.17) is 5.73 Å². The maximum Gasteiger partial charge on any atom is 0.257 e. The van der Waals surface area contributed by atoms with Gasteiger partial charge < -0.3 is 21.4 Å². The van der Waals surface area contributed by atoms with E-state index < -0.39 is 11.7 Å². The molecule has 0 radical (unpaired) electrons. The minimum atomic E-state index is -0.583. The summed E-state index contributed by atoms with van der Waals surface area (Å²) in [6, 6.07) is 23.2. The summed E-state index contributed by atoms with van der Waals surface area (Å²) in [6.07, 6.45) is 3.08. The molecule has 4 aromatic carbocycles. The topological polar surface area (TPSA) is 130 Å². The van der Waals surface area contributed by atoms with E-state index >= 15 is 0 Å². The van der Waals surface area contributed by atoms with E-state index in [2.05, 4.69) is 20.6 Å². The van der Waals surface area contributed by atoms with Crippen molar-refractivity contribution in [2.75, 3.05) is 10.6 Å². The Hall–Kier alpha value is -5.83. The van der Waals surface area contributed by atoms with Crippen LogP contribution in [0.25, 0.3) is 32.9 Å². The van der Waals surface area contributed by atoms with Crippen LogP contribution in [0.5, 0.6) is 0 Å². The Labute approximate surface area is 239 Å². The van der Waals surface area contributed by atoms with Crippen molar-refractivity contribution in [3.8, 4) is 11.1 Å². The molecule has 6 aromatic rings. The summed E-state index contributed by atoms with van der Waals surface area (Å²) in [7, 11) is 0. The quantitative estimate of drug-likeness (QED) is 0.188. The van der Waals surface area contributed by atoms with Crippen molar-refractivity contribution in [1.82, 2.24) is 9.97 Å². The number of pyridine rings is 1. The number of benzene rings is 4.